The van der Waals surface area contributed by atoms with Gasteiger partial charge in [0.15, 0.2) is 5.76 Å². The average Bonchev–Trinajstić information content (AvgIpc) is 2.61. The first-order valence-corrected chi connectivity index (χ1v) is 6.41. The molecule has 1 rings (SSSR count). The number of ether oxygens (including phenoxy) is 1. The Balaban J connectivity index is 2.01. The molecule has 0 N–H and O–H groups in total. The molecule has 0 bridgehead atoms. The van der Waals surface area contributed by atoms with E-state index in [1.54, 1.807) is 6.92 Å². The molecule has 0 atom stereocenters. The fourth-order valence-corrected chi connectivity index (χ4v) is 1.66. The molecule has 0 unspecified atom stereocenters. The molecular weight excluding hydrogens is 220 g/mol. The maximum absolute atomic E-state index is 10.8. The molecule has 0 aromatic carbocycles. The number of rotatable bonds is 9. The zero-order chi connectivity index (χ0) is 12.5. The van der Waals surface area contributed by atoms with E-state index in [-0.39, 0.29) is 0 Å². The van der Waals surface area contributed by atoms with Crippen LogP contribution >= 0.6 is 0 Å². The van der Waals surface area contributed by atoms with Crippen molar-refractivity contribution in [3.8, 4) is 0 Å². The van der Waals surface area contributed by atoms with Crippen LogP contribution < -0.4 is 5.82 Å². The summed E-state index contributed by atoms with van der Waals surface area (Å²) >= 11 is 0. The smallest absolute Gasteiger partial charge is 0.396 e. The second kappa shape index (κ2) is 8.12. The summed E-state index contributed by atoms with van der Waals surface area (Å²) in [6, 6.07) is 0. The number of unbranched alkanes of at least 4 members (excludes halogenated alkanes) is 5. The van der Waals surface area contributed by atoms with Gasteiger partial charge in [-0.05, 0) is 13.3 Å². The molecule has 0 saturated heterocycles. The Bertz CT molecular complexity index is 351. The van der Waals surface area contributed by atoms with Gasteiger partial charge in [0, 0.05) is 6.61 Å². The van der Waals surface area contributed by atoms with Gasteiger partial charge in [-0.25, -0.2) is 4.79 Å². The lowest BCUT2D eigenvalue weighted by atomic mass is 10.1. The maximum atomic E-state index is 10.8. The molecule has 0 radical (unpaired) electrons. The molecule has 0 aliphatic rings. The van der Waals surface area contributed by atoms with Crippen molar-refractivity contribution in [1.29, 1.82) is 0 Å². The lowest BCUT2D eigenvalue weighted by Crippen LogP contribution is -1.96. The van der Waals surface area contributed by atoms with Crippen molar-refractivity contribution < 1.29 is 13.6 Å². The van der Waals surface area contributed by atoms with E-state index >= 15 is 0 Å². The first kappa shape index (κ1) is 14.0. The van der Waals surface area contributed by atoms with Crippen LogP contribution in [0, 0.1) is 6.92 Å². The first-order chi connectivity index (χ1) is 8.24. The summed E-state index contributed by atoms with van der Waals surface area (Å²) in [7, 11) is 0. The fourth-order valence-electron chi connectivity index (χ4n) is 1.66. The summed E-state index contributed by atoms with van der Waals surface area (Å²) in [5, 5.41) is 0. The summed E-state index contributed by atoms with van der Waals surface area (Å²) in [6.07, 6.45) is 7.44. The van der Waals surface area contributed by atoms with E-state index in [4.69, 9.17) is 13.6 Å². The molecule has 0 aliphatic heterocycles. The van der Waals surface area contributed by atoms with Crippen molar-refractivity contribution in [2.24, 2.45) is 0 Å². The van der Waals surface area contributed by atoms with Gasteiger partial charge in [0.25, 0.3) is 0 Å². The van der Waals surface area contributed by atoms with E-state index in [1.165, 1.54) is 32.1 Å². The molecule has 1 aromatic rings. The van der Waals surface area contributed by atoms with Crippen LogP contribution in [0.15, 0.2) is 13.6 Å². The third-order valence-corrected chi connectivity index (χ3v) is 2.71. The van der Waals surface area contributed by atoms with Crippen LogP contribution in [0.4, 0.5) is 0 Å². The number of hydrogen-bond donors (Lipinski definition) is 0. The highest BCUT2D eigenvalue weighted by Crippen LogP contribution is 2.08. The first-order valence-electron chi connectivity index (χ1n) is 6.41. The maximum Gasteiger partial charge on any atom is 0.519 e. The average molecular weight is 242 g/mol. The van der Waals surface area contributed by atoms with E-state index in [1.807, 2.05) is 0 Å². The van der Waals surface area contributed by atoms with Gasteiger partial charge in [0.05, 0.1) is 0 Å². The second-order valence-electron chi connectivity index (χ2n) is 4.25. The molecule has 1 aromatic heterocycles. The number of hydrogen-bond acceptors (Lipinski definition) is 4. The highest BCUT2D eigenvalue weighted by Gasteiger charge is 2.07. The summed E-state index contributed by atoms with van der Waals surface area (Å²) in [6.45, 7) is 4.95. The van der Waals surface area contributed by atoms with Crippen LogP contribution in [0.3, 0.4) is 0 Å². The van der Waals surface area contributed by atoms with Crippen molar-refractivity contribution in [3.05, 3.63) is 22.1 Å². The Morgan fingerprint density at radius 3 is 2.41 bits per heavy atom. The molecule has 0 amide bonds. The minimum Gasteiger partial charge on any atom is -0.396 e. The van der Waals surface area contributed by atoms with Gasteiger partial charge < -0.3 is 13.6 Å². The van der Waals surface area contributed by atoms with E-state index in [2.05, 4.69) is 6.92 Å². The van der Waals surface area contributed by atoms with Crippen molar-refractivity contribution in [2.75, 3.05) is 6.61 Å². The standard InChI is InChI=1S/C13H22O4/c1-3-4-5-6-7-8-9-15-10-12-11(2)16-13(14)17-12/h3-10H2,1-2H3. The van der Waals surface area contributed by atoms with Gasteiger partial charge in [-0.1, -0.05) is 39.0 Å². The molecular formula is C13H22O4. The van der Waals surface area contributed by atoms with Crippen molar-refractivity contribution in [3.63, 3.8) is 0 Å². The summed E-state index contributed by atoms with van der Waals surface area (Å²) in [5.74, 6) is 0.361. The topological polar surface area (TPSA) is 52.6 Å². The Morgan fingerprint density at radius 1 is 1.06 bits per heavy atom. The van der Waals surface area contributed by atoms with Gasteiger partial charge in [0.1, 0.15) is 12.4 Å². The minimum absolute atomic E-state index is 0.326. The highest BCUT2D eigenvalue weighted by molar-refractivity contribution is 4.98. The second-order valence-corrected chi connectivity index (χ2v) is 4.25. The van der Waals surface area contributed by atoms with E-state index in [9.17, 15) is 4.79 Å². The normalized spacial score (nSPS) is 10.9. The van der Waals surface area contributed by atoms with E-state index in [0.29, 0.717) is 24.7 Å². The lowest BCUT2D eigenvalue weighted by Gasteiger charge is -2.02. The van der Waals surface area contributed by atoms with Crippen molar-refractivity contribution in [2.45, 2.75) is 59.0 Å². The van der Waals surface area contributed by atoms with Gasteiger partial charge >= 0.3 is 5.82 Å². The number of aryl methyl sites for hydroxylation is 1. The van der Waals surface area contributed by atoms with Crippen LogP contribution in [0.25, 0.3) is 0 Å². The molecule has 4 nitrogen and oxygen atoms in total. The summed E-state index contributed by atoms with van der Waals surface area (Å²) < 4.78 is 15.0. The third kappa shape index (κ3) is 5.73. The quantitative estimate of drug-likeness (QED) is 0.622. The van der Waals surface area contributed by atoms with Crippen LogP contribution in [0.1, 0.15) is 57.0 Å². The van der Waals surface area contributed by atoms with Gasteiger partial charge in [-0.2, -0.15) is 0 Å². The van der Waals surface area contributed by atoms with E-state index < -0.39 is 5.82 Å². The molecule has 0 saturated carbocycles. The predicted molar refractivity (Wildman–Crippen MR) is 65.0 cm³/mol. The van der Waals surface area contributed by atoms with Crippen LogP contribution in [0.5, 0.6) is 0 Å². The summed E-state index contributed by atoms with van der Waals surface area (Å²) in [5.41, 5.74) is 0. The molecule has 17 heavy (non-hydrogen) atoms. The molecule has 1 heterocycles. The molecule has 0 spiro atoms. The zero-order valence-corrected chi connectivity index (χ0v) is 10.8. The van der Waals surface area contributed by atoms with Crippen LogP contribution in [0.2, 0.25) is 0 Å². The van der Waals surface area contributed by atoms with Crippen molar-refractivity contribution in [1.82, 2.24) is 0 Å². The zero-order valence-electron chi connectivity index (χ0n) is 10.8. The molecule has 98 valence electrons. The third-order valence-electron chi connectivity index (χ3n) is 2.71. The fraction of sp³-hybridized carbons (Fsp3) is 0.769. The van der Waals surface area contributed by atoms with Gasteiger partial charge in [0.2, 0.25) is 0 Å². The Morgan fingerprint density at radius 2 is 1.76 bits per heavy atom. The molecule has 4 heteroatoms. The summed E-state index contributed by atoms with van der Waals surface area (Å²) in [4.78, 5) is 10.8. The largest absolute Gasteiger partial charge is 0.519 e. The molecule has 0 aliphatic carbocycles. The Kier molecular flexibility index (Phi) is 6.70. The highest BCUT2D eigenvalue weighted by atomic mass is 16.6. The van der Waals surface area contributed by atoms with Gasteiger partial charge in [-0.15, -0.1) is 0 Å². The predicted octanol–water partition coefficient (Wildman–Crippen LogP) is 3.42. The lowest BCUT2D eigenvalue weighted by molar-refractivity contribution is 0.101. The van der Waals surface area contributed by atoms with Gasteiger partial charge in [-0.3, -0.25) is 0 Å². The minimum atomic E-state index is -0.652. The van der Waals surface area contributed by atoms with Crippen molar-refractivity contribution >= 4 is 0 Å². The monoisotopic (exact) mass is 242 g/mol. The Labute approximate surface area is 102 Å². The van der Waals surface area contributed by atoms with Crippen LogP contribution in [-0.4, -0.2) is 6.61 Å². The van der Waals surface area contributed by atoms with Crippen LogP contribution in [-0.2, 0) is 11.3 Å². The van der Waals surface area contributed by atoms with E-state index in [0.717, 1.165) is 6.42 Å². The Hall–Kier alpha value is -1.03. The SMILES string of the molecule is CCCCCCCCOCc1oc(=O)oc1C. The molecule has 0 fully saturated rings.